The molecule has 0 aliphatic carbocycles. The smallest absolute Gasteiger partial charge is 0.264 e. The zero-order valence-corrected chi connectivity index (χ0v) is 12.3. The van der Waals surface area contributed by atoms with Crippen molar-refractivity contribution < 1.29 is 49.5 Å². The quantitative estimate of drug-likeness (QED) is 0.271. The first-order valence-corrected chi connectivity index (χ1v) is 7.81. The Morgan fingerprint density at radius 2 is 1.35 bits per heavy atom. The summed E-state index contributed by atoms with van der Waals surface area (Å²) in [5.74, 6) is -0.513. The Labute approximate surface area is 116 Å². The second-order valence-electron chi connectivity index (χ2n) is 4.23. The Bertz CT molecular complexity index is 443. The summed E-state index contributed by atoms with van der Waals surface area (Å²) >= 11 is 0. The van der Waals surface area contributed by atoms with Gasteiger partial charge in [-0.3, -0.25) is 9.11 Å². The molecule has 0 atom stereocenters. The van der Waals surface area contributed by atoms with Gasteiger partial charge in [0.2, 0.25) is 0 Å². The van der Waals surface area contributed by atoms with Crippen LogP contribution in [-0.4, -0.2) is 51.0 Å². The predicted octanol–water partition coefficient (Wildman–Crippen LogP) is -0.311. The molecule has 13 heteroatoms. The molecule has 0 rings (SSSR count). The van der Waals surface area contributed by atoms with E-state index in [1.807, 2.05) is 0 Å². The average molecular weight is 340 g/mol. The van der Waals surface area contributed by atoms with E-state index in [1.54, 1.807) is 0 Å². The normalized spacial score (nSPS) is 13.9. The minimum Gasteiger partial charge on any atom is -0.264 e. The van der Waals surface area contributed by atoms with Gasteiger partial charge in [-0.05, 0) is 5.92 Å². The largest absolute Gasteiger partial charge is 0.397 e. The summed E-state index contributed by atoms with van der Waals surface area (Å²) in [5.41, 5.74) is -1.46. The average Bonchev–Trinajstić information content (AvgIpc) is 2.25. The summed E-state index contributed by atoms with van der Waals surface area (Å²) in [6.45, 7) is 1.01. The van der Waals surface area contributed by atoms with Crippen molar-refractivity contribution in [3.05, 3.63) is 0 Å². The van der Waals surface area contributed by atoms with E-state index in [0.717, 1.165) is 0 Å². The number of hydrogen-bond donors (Lipinski definition) is 3. The van der Waals surface area contributed by atoms with E-state index < -0.39 is 52.0 Å². The van der Waals surface area contributed by atoms with Crippen LogP contribution in [0.4, 0.5) is 0 Å². The maximum absolute atomic E-state index is 10.6. The molecule has 0 aromatic heterocycles. The van der Waals surface area contributed by atoms with E-state index >= 15 is 0 Å². The van der Waals surface area contributed by atoms with Gasteiger partial charge in [0, 0.05) is 5.41 Å². The fourth-order valence-corrected chi connectivity index (χ4v) is 1.92. The monoisotopic (exact) mass is 340 g/mol. The fraction of sp³-hybridized carbons (Fsp3) is 1.00. The standard InChI is InChI=1S/C7H16O11S2/c1-6(2)7(3-15-18-8,4-16-19(9,10)11)5-17-20(12,13)14/h6,8H,3-5H2,1-2H3,(H,9,10,11)(H,12,13,14). The van der Waals surface area contributed by atoms with E-state index in [4.69, 9.17) is 14.4 Å². The Morgan fingerprint density at radius 3 is 1.60 bits per heavy atom. The topological polar surface area (TPSA) is 166 Å². The van der Waals surface area contributed by atoms with Crippen molar-refractivity contribution in [2.75, 3.05) is 19.8 Å². The van der Waals surface area contributed by atoms with Crippen LogP contribution in [0.5, 0.6) is 0 Å². The SMILES string of the molecule is CC(C)C(COOO)(COS(=O)(=O)O)COS(=O)(=O)O. The van der Waals surface area contributed by atoms with Gasteiger partial charge in [-0.25, -0.2) is 18.5 Å². The van der Waals surface area contributed by atoms with Crippen LogP contribution < -0.4 is 0 Å². The second kappa shape index (κ2) is 7.58. The molecule has 0 aromatic carbocycles. The van der Waals surface area contributed by atoms with Gasteiger partial charge >= 0.3 is 20.8 Å². The Hall–Kier alpha value is -0.380. The first-order chi connectivity index (χ1) is 8.92. The molecule has 20 heavy (non-hydrogen) atoms. The first kappa shape index (κ1) is 19.6. The predicted molar refractivity (Wildman–Crippen MR) is 61.9 cm³/mol. The lowest BCUT2D eigenvalue weighted by Crippen LogP contribution is -2.43. The number of rotatable bonds is 10. The third-order valence-electron chi connectivity index (χ3n) is 2.61. The molecule has 0 saturated heterocycles. The van der Waals surface area contributed by atoms with Gasteiger partial charge in [0.05, 0.1) is 19.8 Å². The summed E-state index contributed by atoms with van der Waals surface area (Å²) < 4.78 is 67.7. The molecule has 0 saturated carbocycles. The van der Waals surface area contributed by atoms with Gasteiger partial charge in [0.25, 0.3) is 0 Å². The Balaban J connectivity index is 5.12. The Morgan fingerprint density at radius 1 is 0.950 bits per heavy atom. The van der Waals surface area contributed by atoms with E-state index in [1.165, 1.54) is 13.8 Å². The molecule has 0 fully saturated rings. The van der Waals surface area contributed by atoms with Gasteiger partial charge in [-0.2, -0.15) is 16.8 Å². The second-order valence-corrected chi connectivity index (χ2v) is 6.42. The maximum Gasteiger partial charge on any atom is 0.397 e. The van der Waals surface area contributed by atoms with Gasteiger partial charge in [0.15, 0.2) is 0 Å². The maximum atomic E-state index is 10.6. The lowest BCUT2D eigenvalue weighted by molar-refractivity contribution is -0.498. The molecule has 0 radical (unpaired) electrons. The highest BCUT2D eigenvalue weighted by molar-refractivity contribution is 7.81. The van der Waals surface area contributed by atoms with E-state index in [2.05, 4.69) is 18.3 Å². The van der Waals surface area contributed by atoms with Crippen LogP contribution in [0.25, 0.3) is 0 Å². The van der Waals surface area contributed by atoms with Crippen molar-refractivity contribution in [3.63, 3.8) is 0 Å². The summed E-state index contributed by atoms with van der Waals surface area (Å²) in [6, 6.07) is 0. The van der Waals surface area contributed by atoms with Gasteiger partial charge in [-0.15, -0.1) is 0 Å². The van der Waals surface area contributed by atoms with Crippen molar-refractivity contribution in [2.24, 2.45) is 11.3 Å². The molecule has 0 unspecified atom stereocenters. The third-order valence-corrected chi connectivity index (χ3v) is 3.45. The first-order valence-electron chi connectivity index (χ1n) is 5.08. The minimum atomic E-state index is -4.80. The molecular weight excluding hydrogens is 324 g/mol. The highest BCUT2D eigenvalue weighted by Crippen LogP contribution is 2.30. The van der Waals surface area contributed by atoms with Crippen molar-refractivity contribution in [1.29, 1.82) is 0 Å². The van der Waals surface area contributed by atoms with Crippen molar-refractivity contribution >= 4 is 20.8 Å². The van der Waals surface area contributed by atoms with Crippen LogP contribution in [-0.2, 0) is 39.1 Å². The lowest BCUT2D eigenvalue weighted by Gasteiger charge is -2.34. The summed E-state index contributed by atoms with van der Waals surface area (Å²) in [5, 5.41) is 11.5. The molecule has 0 aliphatic rings. The van der Waals surface area contributed by atoms with Crippen LogP contribution in [0.1, 0.15) is 13.8 Å². The molecule has 122 valence electrons. The lowest BCUT2D eigenvalue weighted by atomic mass is 9.79. The summed E-state index contributed by atoms with van der Waals surface area (Å²) in [7, 11) is -9.59. The molecule has 0 spiro atoms. The zero-order valence-electron chi connectivity index (χ0n) is 10.6. The minimum absolute atomic E-state index is 0.513. The summed E-state index contributed by atoms with van der Waals surface area (Å²) in [6.07, 6.45) is 0. The third kappa shape index (κ3) is 8.03. The molecule has 11 nitrogen and oxygen atoms in total. The molecule has 3 N–H and O–H groups in total. The van der Waals surface area contributed by atoms with E-state index in [9.17, 15) is 16.8 Å². The Kier molecular flexibility index (Phi) is 7.43. The molecule has 0 bridgehead atoms. The molecule has 0 amide bonds. The van der Waals surface area contributed by atoms with Crippen LogP contribution in [0.3, 0.4) is 0 Å². The number of hydrogen-bond acceptors (Lipinski definition) is 9. The van der Waals surface area contributed by atoms with Crippen LogP contribution >= 0.6 is 0 Å². The molecular formula is C7H16O11S2. The van der Waals surface area contributed by atoms with Crippen LogP contribution in [0.2, 0.25) is 0 Å². The van der Waals surface area contributed by atoms with Gasteiger partial charge < -0.3 is 0 Å². The van der Waals surface area contributed by atoms with Crippen LogP contribution in [0, 0.1) is 11.3 Å². The van der Waals surface area contributed by atoms with Crippen LogP contribution in [0.15, 0.2) is 0 Å². The highest BCUT2D eigenvalue weighted by Gasteiger charge is 2.39. The zero-order chi connectivity index (χ0) is 16.0. The van der Waals surface area contributed by atoms with Crippen molar-refractivity contribution in [2.45, 2.75) is 13.8 Å². The summed E-state index contributed by atoms with van der Waals surface area (Å²) in [4.78, 5) is 4.23. The fourth-order valence-electron chi connectivity index (χ4n) is 1.15. The molecule has 0 heterocycles. The van der Waals surface area contributed by atoms with Crippen molar-refractivity contribution in [1.82, 2.24) is 0 Å². The van der Waals surface area contributed by atoms with Gasteiger partial charge in [-0.1, -0.05) is 18.9 Å². The van der Waals surface area contributed by atoms with Gasteiger partial charge in [0.1, 0.15) is 0 Å². The van der Waals surface area contributed by atoms with E-state index in [0.29, 0.717) is 0 Å². The van der Waals surface area contributed by atoms with Crippen molar-refractivity contribution in [3.8, 4) is 0 Å². The molecule has 0 aliphatic heterocycles. The molecule has 0 aromatic rings. The van der Waals surface area contributed by atoms with E-state index in [-0.39, 0.29) is 0 Å². The highest BCUT2D eigenvalue weighted by atomic mass is 32.3.